The maximum absolute atomic E-state index is 5.43. The Morgan fingerprint density at radius 1 is 1.23 bits per heavy atom. The lowest BCUT2D eigenvalue weighted by Crippen LogP contribution is -1.76. The van der Waals surface area contributed by atoms with Crippen LogP contribution in [0.2, 0.25) is 0 Å². The van der Waals surface area contributed by atoms with Gasteiger partial charge in [-0.1, -0.05) is 30.3 Å². The van der Waals surface area contributed by atoms with Gasteiger partial charge in [0.2, 0.25) is 0 Å². The summed E-state index contributed by atoms with van der Waals surface area (Å²) >= 11 is 0. The van der Waals surface area contributed by atoms with E-state index < -0.39 is 0 Å². The first-order valence-corrected chi connectivity index (χ1v) is 4.12. The third-order valence-electron chi connectivity index (χ3n) is 1.84. The Labute approximate surface area is 77.2 Å². The highest BCUT2D eigenvalue weighted by Gasteiger charge is 2.07. The SMILES string of the molecule is [CH2]c1nc(C)oc1-c1ccccc1. The van der Waals surface area contributed by atoms with E-state index in [9.17, 15) is 0 Å². The molecule has 2 aromatic rings. The van der Waals surface area contributed by atoms with Crippen LogP contribution >= 0.6 is 0 Å². The van der Waals surface area contributed by atoms with Gasteiger partial charge in [0.1, 0.15) is 0 Å². The molecule has 13 heavy (non-hydrogen) atoms. The van der Waals surface area contributed by atoms with Gasteiger partial charge in [0.15, 0.2) is 11.7 Å². The zero-order valence-corrected chi connectivity index (χ0v) is 7.45. The minimum absolute atomic E-state index is 0.656. The average Bonchev–Trinajstić information content (AvgIpc) is 2.47. The largest absolute Gasteiger partial charge is 0.441 e. The summed E-state index contributed by atoms with van der Waals surface area (Å²) in [5, 5.41) is 0. The number of benzene rings is 1. The van der Waals surface area contributed by atoms with Crippen molar-refractivity contribution in [3.8, 4) is 11.3 Å². The summed E-state index contributed by atoms with van der Waals surface area (Å²) in [7, 11) is 0. The molecule has 0 amide bonds. The average molecular weight is 172 g/mol. The lowest BCUT2D eigenvalue weighted by molar-refractivity contribution is 0.534. The van der Waals surface area contributed by atoms with Gasteiger partial charge in [-0.15, -0.1) is 0 Å². The molecule has 2 rings (SSSR count). The molecule has 2 nitrogen and oxygen atoms in total. The van der Waals surface area contributed by atoms with Gasteiger partial charge < -0.3 is 4.42 Å². The van der Waals surface area contributed by atoms with Crippen molar-refractivity contribution in [2.45, 2.75) is 6.92 Å². The van der Waals surface area contributed by atoms with Crippen LogP contribution in [-0.2, 0) is 0 Å². The number of aromatic nitrogens is 1. The fourth-order valence-corrected chi connectivity index (χ4v) is 1.29. The van der Waals surface area contributed by atoms with Crippen molar-refractivity contribution in [1.82, 2.24) is 4.98 Å². The second-order valence-corrected chi connectivity index (χ2v) is 2.87. The lowest BCUT2D eigenvalue weighted by Gasteiger charge is -1.95. The van der Waals surface area contributed by atoms with Crippen LogP contribution in [0.1, 0.15) is 11.6 Å². The maximum atomic E-state index is 5.43. The molecular weight excluding hydrogens is 162 g/mol. The molecule has 0 aliphatic rings. The molecule has 0 fully saturated rings. The van der Waals surface area contributed by atoms with E-state index >= 15 is 0 Å². The standard InChI is InChI=1S/C11H10NO/c1-8-11(13-9(2)12-8)10-6-4-3-5-7-10/h3-7H,1H2,2H3. The van der Waals surface area contributed by atoms with Crippen LogP contribution in [0.4, 0.5) is 0 Å². The van der Waals surface area contributed by atoms with Crippen molar-refractivity contribution in [3.05, 3.63) is 48.8 Å². The molecule has 0 bridgehead atoms. The lowest BCUT2D eigenvalue weighted by atomic mass is 10.1. The van der Waals surface area contributed by atoms with E-state index in [4.69, 9.17) is 4.42 Å². The molecule has 0 aliphatic heterocycles. The highest BCUT2D eigenvalue weighted by molar-refractivity contribution is 5.60. The fraction of sp³-hybridized carbons (Fsp3) is 0.0909. The summed E-state index contributed by atoms with van der Waals surface area (Å²) in [6.07, 6.45) is 0. The molecule has 1 aromatic carbocycles. The van der Waals surface area contributed by atoms with E-state index in [-0.39, 0.29) is 0 Å². The van der Waals surface area contributed by atoms with Crippen LogP contribution in [0.5, 0.6) is 0 Å². The molecule has 1 radical (unpaired) electrons. The topological polar surface area (TPSA) is 26.0 Å². The number of rotatable bonds is 1. The van der Waals surface area contributed by atoms with Crippen LogP contribution in [0, 0.1) is 13.8 Å². The van der Waals surface area contributed by atoms with Gasteiger partial charge in [-0.25, -0.2) is 4.98 Å². The molecule has 1 heterocycles. The second-order valence-electron chi connectivity index (χ2n) is 2.87. The second kappa shape index (κ2) is 3.05. The molecule has 0 saturated carbocycles. The molecule has 0 unspecified atom stereocenters. The van der Waals surface area contributed by atoms with Crippen molar-refractivity contribution in [3.63, 3.8) is 0 Å². The Kier molecular flexibility index (Phi) is 1.89. The normalized spacial score (nSPS) is 10.3. The molecule has 2 heteroatoms. The molecular formula is C11H10NO. The summed E-state index contributed by atoms with van der Waals surface area (Å²) in [5.41, 5.74) is 1.72. The molecule has 0 spiro atoms. The van der Waals surface area contributed by atoms with Gasteiger partial charge >= 0.3 is 0 Å². The minimum atomic E-state index is 0.656. The van der Waals surface area contributed by atoms with Crippen LogP contribution < -0.4 is 0 Å². The number of nitrogens with zero attached hydrogens (tertiary/aromatic N) is 1. The molecule has 1 aromatic heterocycles. The number of aryl methyl sites for hydroxylation is 1. The van der Waals surface area contributed by atoms with Crippen molar-refractivity contribution < 1.29 is 4.42 Å². The first kappa shape index (κ1) is 8.05. The van der Waals surface area contributed by atoms with Gasteiger partial charge in [-0.05, 0) is 6.92 Å². The Balaban J connectivity index is 2.53. The van der Waals surface area contributed by atoms with E-state index in [1.54, 1.807) is 0 Å². The third-order valence-corrected chi connectivity index (χ3v) is 1.84. The van der Waals surface area contributed by atoms with Crippen molar-refractivity contribution >= 4 is 0 Å². The molecule has 0 aliphatic carbocycles. The smallest absolute Gasteiger partial charge is 0.192 e. The summed E-state index contributed by atoms with van der Waals surface area (Å²) in [4.78, 5) is 4.11. The van der Waals surface area contributed by atoms with Gasteiger partial charge in [-0.3, -0.25) is 0 Å². The highest BCUT2D eigenvalue weighted by atomic mass is 16.4. The number of hydrogen-bond acceptors (Lipinski definition) is 2. The summed E-state index contributed by atoms with van der Waals surface area (Å²) in [5.74, 6) is 1.42. The maximum Gasteiger partial charge on any atom is 0.192 e. The van der Waals surface area contributed by atoms with Gasteiger partial charge in [0.25, 0.3) is 0 Å². The van der Waals surface area contributed by atoms with E-state index in [1.807, 2.05) is 37.3 Å². The summed E-state index contributed by atoms with van der Waals surface area (Å²) in [6, 6.07) is 9.86. The number of oxazole rings is 1. The predicted molar refractivity (Wildman–Crippen MR) is 51.1 cm³/mol. The van der Waals surface area contributed by atoms with E-state index in [1.165, 1.54) is 0 Å². The van der Waals surface area contributed by atoms with Gasteiger partial charge in [-0.2, -0.15) is 0 Å². The van der Waals surface area contributed by atoms with E-state index in [2.05, 4.69) is 11.9 Å². The zero-order chi connectivity index (χ0) is 9.26. The Morgan fingerprint density at radius 3 is 2.46 bits per heavy atom. The van der Waals surface area contributed by atoms with Crippen molar-refractivity contribution in [2.24, 2.45) is 0 Å². The fourth-order valence-electron chi connectivity index (χ4n) is 1.29. The molecule has 0 saturated heterocycles. The Morgan fingerprint density at radius 2 is 1.92 bits per heavy atom. The Hall–Kier alpha value is -1.57. The summed E-state index contributed by atoms with van der Waals surface area (Å²) in [6.45, 7) is 5.63. The first-order chi connectivity index (χ1) is 6.27. The number of hydrogen-bond donors (Lipinski definition) is 0. The quantitative estimate of drug-likeness (QED) is 0.661. The van der Waals surface area contributed by atoms with Crippen molar-refractivity contribution in [2.75, 3.05) is 0 Å². The summed E-state index contributed by atoms with van der Waals surface area (Å²) < 4.78 is 5.43. The van der Waals surface area contributed by atoms with Crippen molar-refractivity contribution in [1.29, 1.82) is 0 Å². The third kappa shape index (κ3) is 1.47. The molecule has 65 valence electrons. The molecule has 0 N–H and O–H groups in total. The van der Waals surface area contributed by atoms with Crippen LogP contribution in [0.15, 0.2) is 34.7 Å². The van der Waals surface area contributed by atoms with Crippen LogP contribution in [0.25, 0.3) is 11.3 Å². The first-order valence-electron chi connectivity index (χ1n) is 4.12. The van der Waals surface area contributed by atoms with E-state index in [0.29, 0.717) is 11.6 Å². The minimum Gasteiger partial charge on any atom is -0.441 e. The van der Waals surface area contributed by atoms with Crippen LogP contribution in [-0.4, -0.2) is 4.98 Å². The van der Waals surface area contributed by atoms with E-state index in [0.717, 1.165) is 11.3 Å². The zero-order valence-electron chi connectivity index (χ0n) is 7.45. The monoisotopic (exact) mass is 172 g/mol. The highest BCUT2D eigenvalue weighted by Crippen LogP contribution is 2.23. The van der Waals surface area contributed by atoms with Gasteiger partial charge in [0.05, 0.1) is 5.69 Å². The predicted octanol–water partition coefficient (Wildman–Crippen LogP) is 2.83. The molecule has 0 atom stereocenters. The van der Waals surface area contributed by atoms with Gasteiger partial charge in [0, 0.05) is 12.5 Å². The Bertz CT molecular complexity index is 403. The van der Waals surface area contributed by atoms with Crippen LogP contribution in [0.3, 0.4) is 0 Å².